The molecule has 0 amide bonds. The monoisotopic (exact) mass is 242 g/mol. The van der Waals surface area contributed by atoms with Gasteiger partial charge < -0.3 is 0 Å². The largest absolute Gasteiger partial charge is 0.237 e. The van der Waals surface area contributed by atoms with E-state index in [1.165, 1.54) is 6.07 Å². The normalized spacial score (nSPS) is 11.4. The van der Waals surface area contributed by atoms with Crippen molar-refractivity contribution in [3.8, 4) is 0 Å². The second kappa shape index (κ2) is 4.41. The Morgan fingerprint density at radius 2 is 2.11 bits per heavy atom. The van der Waals surface area contributed by atoms with Gasteiger partial charge in [0, 0.05) is 11.1 Å². The van der Waals surface area contributed by atoms with E-state index in [1.54, 1.807) is 12.3 Å². The predicted molar refractivity (Wildman–Crippen MR) is 71.3 cm³/mol. The summed E-state index contributed by atoms with van der Waals surface area (Å²) in [7, 11) is 0. The number of fused-ring (bicyclic) bond motifs is 3. The molecule has 0 radical (unpaired) electrons. The van der Waals surface area contributed by atoms with E-state index in [4.69, 9.17) is 0 Å². The fourth-order valence-electron chi connectivity index (χ4n) is 2.40. The van der Waals surface area contributed by atoms with Crippen molar-refractivity contribution < 1.29 is 4.39 Å². The number of aromatic nitrogens is 2. The van der Waals surface area contributed by atoms with Gasteiger partial charge in [-0.2, -0.15) is 5.10 Å². The summed E-state index contributed by atoms with van der Waals surface area (Å²) < 4.78 is 15.3. The zero-order valence-corrected chi connectivity index (χ0v) is 10.4. The van der Waals surface area contributed by atoms with E-state index in [-0.39, 0.29) is 5.82 Å². The molecule has 1 aromatic carbocycles. The fraction of sp³-hybridized carbons (Fsp3) is 0.267. The minimum Gasteiger partial charge on any atom is -0.237 e. The Balaban J connectivity index is 2.29. The molecule has 3 aromatic rings. The molecule has 0 saturated heterocycles. The Bertz CT molecular complexity index is 700. The third-order valence-corrected chi connectivity index (χ3v) is 3.31. The predicted octanol–water partition coefficient (Wildman–Crippen LogP) is 3.97. The maximum atomic E-state index is 13.3. The first-order valence-electron chi connectivity index (χ1n) is 6.34. The molecule has 92 valence electrons. The summed E-state index contributed by atoms with van der Waals surface area (Å²) in [4.78, 5) is 0. The Kier molecular flexibility index (Phi) is 2.74. The van der Waals surface area contributed by atoms with Crippen molar-refractivity contribution in [1.29, 1.82) is 0 Å². The summed E-state index contributed by atoms with van der Waals surface area (Å²) in [6.07, 6.45) is 5.04. The number of hydrogen-bond donors (Lipinski definition) is 0. The lowest BCUT2D eigenvalue weighted by Crippen LogP contribution is -1.99. The molecule has 2 nitrogen and oxygen atoms in total. The smallest absolute Gasteiger partial charge is 0.123 e. The van der Waals surface area contributed by atoms with Crippen LogP contribution in [0.25, 0.3) is 16.3 Å². The van der Waals surface area contributed by atoms with Crippen LogP contribution in [0.5, 0.6) is 0 Å². The highest BCUT2D eigenvalue weighted by Crippen LogP contribution is 2.23. The summed E-state index contributed by atoms with van der Waals surface area (Å²) in [5, 5.41) is 6.37. The van der Waals surface area contributed by atoms with Crippen LogP contribution in [0.15, 0.2) is 36.5 Å². The van der Waals surface area contributed by atoms with Crippen molar-refractivity contribution >= 4 is 16.3 Å². The molecule has 0 saturated carbocycles. The molecule has 0 aliphatic heterocycles. The number of halogens is 1. The maximum Gasteiger partial charge on any atom is 0.123 e. The van der Waals surface area contributed by atoms with Crippen molar-refractivity contribution in [2.75, 3.05) is 0 Å². The average molecular weight is 242 g/mol. The van der Waals surface area contributed by atoms with Crippen LogP contribution in [-0.4, -0.2) is 9.61 Å². The van der Waals surface area contributed by atoms with Crippen LogP contribution in [-0.2, 0) is 6.42 Å². The highest BCUT2D eigenvalue weighted by atomic mass is 19.1. The molecular formula is C15H15FN2. The quantitative estimate of drug-likeness (QED) is 0.679. The third-order valence-electron chi connectivity index (χ3n) is 3.31. The van der Waals surface area contributed by atoms with Gasteiger partial charge in [0.15, 0.2) is 0 Å². The highest BCUT2D eigenvalue weighted by molar-refractivity contribution is 5.96. The molecule has 3 heteroatoms. The van der Waals surface area contributed by atoms with Crippen molar-refractivity contribution in [1.82, 2.24) is 9.61 Å². The fourth-order valence-corrected chi connectivity index (χ4v) is 2.40. The van der Waals surface area contributed by atoms with Crippen LogP contribution in [0.1, 0.15) is 25.5 Å². The van der Waals surface area contributed by atoms with Crippen molar-refractivity contribution in [3.63, 3.8) is 0 Å². The lowest BCUT2D eigenvalue weighted by Gasteiger charge is -2.08. The SMILES string of the molecule is CCCCc1cc2cc(F)ccc2c2ccnn12. The van der Waals surface area contributed by atoms with E-state index >= 15 is 0 Å². The van der Waals surface area contributed by atoms with E-state index in [9.17, 15) is 4.39 Å². The van der Waals surface area contributed by atoms with E-state index < -0.39 is 0 Å². The van der Waals surface area contributed by atoms with Crippen LogP contribution < -0.4 is 0 Å². The van der Waals surface area contributed by atoms with Gasteiger partial charge in [0.2, 0.25) is 0 Å². The lowest BCUT2D eigenvalue weighted by atomic mass is 10.1. The first-order chi connectivity index (χ1) is 8.79. The van der Waals surface area contributed by atoms with Gasteiger partial charge in [-0.05, 0) is 48.6 Å². The van der Waals surface area contributed by atoms with Gasteiger partial charge in [0.05, 0.1) is 11.7 Å². The van der Waals surface area contributed by atoms with Crippen molar-refractivity contribution in [3.05, 3.63) is 48.0 Å². The van der Waals surface area contributed by atoms with Gasteiger partial charge in [-0.15, -0.1) is 0 Å². The molecular weight excluding hydrogens is 227 g/mol. The van der Waals surface area contributed by atoms with Crippen LogP contribution >= 0.6 is 0 Å². The van der Waals surface area contributed by atoms with Crippen molar-refractivity contribution in [2.45, 2.75) is 26.2 Å². The average Bonchev–Trinajstić information content (AvgIpc) is 2.84. The van der Waals surface area contributed by atoms with Gasteiger partial charge in [-0.1, -0.05) is 13.3 Å². The maximum absolute atomic E-state index is 13.3. The molecule has 3 rings (SSSR count). The molecule has 0 atom stereocenters. The second-order valence-corrected chi connectivity index (χ2v) is 4.60. The Morgan fingerprint density at radius 3 is 2.94 bits per heavy atom. The topological polar surface area (TPSA) is 17.3 Å². The third kappa shape index (κ3) is 1.76. The molecule has 0 aliphatic rings. The van der Waals surface area contributed by atoms with Gasteiger partial charge in [-0.25, -0.2) is 8.91 Å². The summed E-state index contributed by atoms with van der Waals surface area (Å²) >= 11 is 0. The standard InChI is InChI=1S/C15H15FN2/c1-2-3-4-13-10-11-9-12(16)5-6-14(11)15-7-8-17-18(13)15/h5-10H,2-4H2,1H3. The number of benzene rings is 1. The van der Waals surface area contributed by atoms with Gasteiger partial charge in [0.1, 0.15) is 5.82 Å². The molecule has 0 fully saturated rings. The molecule has 0 bridgehead atoms. The van der Waals surface area contributed by atoms with E-state index in [1.807, 2.05) is 22.7 Å². The number of nitrogens with zero attached hydrogens (tertiary/aromatic N) is 2. The summed E-state index contributed by atoms with van der Waals surface area (Å²) in [6.45, 7) is 2.17. The Labute approximate surface area is 105 Å². The number of hydrogen-bond acceptors (Lipinski definition) is 1. The molecule has 0 aliphatic carbocycles. The molecule has 18 heavy (non-hydrogen) atoms. The number of pyridine rings is 1. The van der Waals surface area contributed by atoms with E-state index in [2.05, 4.69) is 12.0 Å². The van der Waals surface area contributed by atoms with Crippen LogP contribution in [0.4, 0.5) is 4.39 Å². The summed E-state index contributed by atoms with van der Waals surface area (Å²) in [5.74, 6) is -0.187. The Morgan fingerprint density at radius 1 is 1.22 bits per heavy atom. The van der Waals surface area contributed by atoms with Crippen LogP contribution in [0.3, 0.4) is 0 Å². The number of unbranched alkanes of at least 4 members (excludes halogenated alkanes) is 1. The lowest BCUT2D eigenvalue weighted by molar-refractivity contribution is 0.629. The van der Waals surface area contributed by atoms with Gasteiger partial charge >= 0.3 is 0 Å². The molecule has 0 unspecified atom stereocenters. The van der Waals surface area contributed by atoms with Gasteiger partial charge in [-0.3, -0.25) is 0 Å². The van der Waals surface area contributed by atoms with Crippen LogP contribution in [0, 0.1) is 5.82 Å². The highest BCUT2D eigenvalue weighted by Gasteiger charge is 2.07. The zero-order chi connectivity index (χ0) is 12.5. The van der Waals surface area contributed by atoms with Crippen molar-refractivity contribution in [2.24, 2.45) is 0 Å². The Hall–Kier alpha value is -1.90. The molecule has 2 aromatic heterocycles. The molecule has 0 spiro atoms. The second-order valence-electron chi connectivity index (χ2n) is 4.60. The first kappa shape index (κ1) is 11.2. The van der Waals surface area contributed by atoms with Crippen LogP contribution in [0.2, 0.25) is 0 Å². The van der Waals surface area contributed by atoms with E-state index in [0.29, 0.717) is 0 Å². The molecule has 0 N–H and O–H groups in total. The summed E-state index contributed by atoms with van der Waals surface area (Å²) in [5.41, 5.74) is 2.20. The first-order valence-corrected chi connectivity index (χ1v) is 6.34. The zero-order valence-electron chi connectivity index (χ0n) is 10.4. The molecule has 2 heterocycles. The minimum absolute atomic E-state index is 0.187. The number of rotatable bonds is 3. The van der Waals surface area contributed by atoms with E-state index in [0.717, 1.165) is 41.2 Å². The summed E-state index contributed by atoms with van der Waals surface area (Å²) in [6, 6.07) is 8.95. The van der Waals surface area contributed by atoms with Gasteiger partial charge in [0.25, 0.3) is 0 Å². The minimum atomic E-state index is -0.187. The number of aryl methyl sites for hydroxylation is 1.